The van der Waals surface area contributed by atoms with Gasteiger partial charge in [-0.05, 0) is 45.3 Å². The summed E-state index contributed by atoms with van der Waals surface area (Å²) in [6, 6.07) is 9.32. The second-order valence-corrected chi connectivity index (χ2v) is 5.26. The minimum Gasteiger partial charge on any atom is -0.399 e. The average molecular weight is 287 g/mol. The van der Waals surface area contributed by atoms with Crippen LogP contribution in [0.5, 0.6) is 0 Å². The summed E-state index contributed by atoms with van der Waals surface area (Å²) < 4.78 is 1.64. The number of carbonyl (C=O) groups excluding carboxylic acids is 1. The van der Waals surface area contributed by atoms with Gasteiger partial charge >= 0.3 is 0 Å². The SMILES string of the molecule is CC(CNC(=O)c1ccn(-c2cccc(N)c2)n1)N(C)C. The van der Waals surface area contributed by atoms with Crippen molar-refractivity contribution in [1.29, 1.82) is 0 Å². The third-order valence-electron chi connectivity index (χ3n) is 3.40. The quantitative estimate of drug-likeness (QED) is 0.808. The van der Waals surface area contributed by atoms with E-state index in [-0.39, 0.29) is 11.9 Å². The first kappa shape index (κ1) is 15.1. The molecule has 1 unspecified atom stereocenters. The van der Waals surface area contributed by atoms with Crippen LogP contribution >= 0.6 is 0 Å². The predicted octanol–water partition coefficient (Wildman–Crippen LogP) is 1.13. The molecule has 0 spiro atoms. The van der Waals surface area contributed by atoms with Gasteiger partial charge in [-0.1, -0.05) is 6.07 Å². The van der Waals surface area contributed by atoms with E-state index in [1.165, 1.54) is 0 Å². The Morgan fingerprint density at radius 2 is 2.19 bits per heavy atom. The largest absolute Gasteiger partial charge is 0.399 e. The molecular weight excluding hydrogens is 266 g/mol. The minimum atomic E-state index is -0.175. The molecule has 1 amide bonds. The van der Waals surface area contributed by atoms with Gasteiger partial charge in [0.15, 0.2) is 5.69 Å². The molecule has 0 aliphatic rings. The van der Waals surface area contributed by atoms with Crippen LogP contribution in [0.25, 0.3) is 5.69 Å². The number of hydrogen-bond donors (Lipinski definition) is 2. The standard InChI is InChI=1S/C15H21N5O/c1-11(19(2)3)10-17-15(21)14-7-8-20(18-14)13-6-4-5-12(16)9-13/h4-9,11H,10,16H2,1-3H3,(H,17,21). The summed E-state index contributed by atoms with van der Waals surface area (Å²) in [5, 5.41) is 7.15. The van der Waals surface area contributed by atoms with Crippen molar-refractivity contribution in [2.24, 2.45) is 0 Å². The van der Waals surface area contributed by atoms with Gasteiger partial charge in [0.2, 0.25) is 0 Å². The molecule has 1 heterocycles. The Kier molecular flexibility index (Phi) is 4.59. The van der Waals surface area contributed by atoms with E-state index in [4.69, 9.17) is 5.73 Å². The van der Waals surface area contributed by atoms with Crippen molar-refractivity contribution in [3.05, 3.63) is 42.2 Å². The summed E-state index contributed by atoms with van der Waals surface area (Å²) in [6.07, 6.45) is 1.75. The molecule has 3 N–H and O–H groups in total. The fraction of sp³-hybridized carbons (Fsp3) is 0.333. The van der Waals surface area contributed by atoms with Crippen molar-refractivity contribution in [2.75, 3.05) is 26.4 Å². The van der Waals surface area contributed by atoms with Gasteiger partial charge in [-0.15, -0.1) is 0 Å². The minimum absolute atomic E-state index is 0.175. The summed E-state index contributed by atoms with van der Waals surface area (Å²) in [5.41, 5.74) is 7.63. The molecule has 0 bridgehead atoms. The van der Waals surface area contributed by atoms with Crippen LogP contribution in [0.15, 0.2) is 36.5 Å². The molecule has 0 aliphatic carbocycles. The van der Waals surface area contributed by atoms with Crippen molar-refractivity contribution in [3.63, 3.8) is 0 Å². The van der Waals surface area contributed by atoms with Gasteiger partial charge in [0.1, 0.15) is 0 Å². The molecule has 0 radical (unpaired) electrons. The summed E-state index contributed by atoms with van der Waals surface area (Å²) in [7, 11) is 3.96. The topological polar surface area (TPSA) is 76.2 Å². The molecule has 2 aromatic rings. The lowest BCUT2D eigenvalue weighted by Gasteiger charge is -2.19. The van der Waals surface area contributed by atoms with E-state index >= 15 is 0 Å². The second kappa shape index (κ2) is 6.41. The smallest absolute Gasteiger partial charge is 0.271 e. The van der Waals surface area contributed by atoms with E-state index in [0.717, 1.165) is 5.69 Å². The van der Waals surface area contributed by atoms with Crippen LogP contribution in [0, 0.1) is 0 Å². The van der Waals surface area contributed by atoms with E-state index in [2.05, 4.69) is 10.4 Å². The van der Waals surface area contributed by atoms with E-state index in [1.807, 2.05) is 50.2 Å². The van der Waals surface area contributed by atoms with Crippen molar-refractivity contribution in [3.8, 4) is 5.69 Å². The van der Waals surface area contributed by atoms with Gasteiger partial charge in [0.25, 0.3) is 5.91 Å². The van der Waals surface area contributed by atoms with Crippen LogP contribution < -0.4 is 11.1 Å². The Hall–Kier alpha value is -2.34. The number of amides is 1. The first-order valence-corrected chi connectivity index (χ1v) is 6.83. The lowest BCUT2D eigenvalue weighted by Crippen LogP contribution is -2.38. The molecule has 112 valence electrons. The Morgan fingerprint density at radius 1 is 1.43 bits per heavy atom. The number of anilines is 1. The van der Waals surface area contributed by atoms with E-state index in [9.17, 15) is 4.79 Å². The molecule has 1 aromatic heterocycles. The zero-order chi connectivity index (χ0) is 15.4. The van der Waals surface area contributed by atoms with Crippen molar-refractivity contribution < 1.29 is 4.79 Å². The molecular formula is C15H21N5O. The molecule has 1 atom stereocenters. The normalized spacial score (nSPS) is 12.4. The van der Waals surface area contributed by atoms with Crippen molar-refractivity contribution in [1.82, 2.24) is 20.0 Å². The number of nitrogens with two attached hydrogens (primary N) is 1. The molecule has 21 heavy (non-hydrogen) atoms. The maximum atomic E-state index is 12.1. The average Bonchev–Trinajstić information content (AvgIpc) is 2.94. The van der Waals surface area contributed by atoms with Crippen LogP contribution in [0.3, 0.4) is 0 Å². The Bertz CT molecular complexity index is 620. The van der Waals surface area contributed by atoms with Crippen LogP contribution in [-0.2, 0) is 0 Å². The summed E-state index contributed by atoms with van der Waals surface area (Å²) in [5.74, 6) is -0.175. The third-order valence-corrected chi connectivity index (χ3v) is 3.40. The van der Waals surface area contributed by atoms with Gasteiger partial charge in [0.05, 0.1) is 5.69 Å². The fourth-order valence-electron chi connectivity index (χ4n) is 1.77. The first-order valence-electron chi connectivity index (χ1n) is 6.83. The lowest BCUT2D eigenvalue weighted by molar-refractivity contribution is 0.0938. The predicted molar refractivity (Wildman–Crippen MR) is 83.5 cm³/mol. The Labute approximate surface area is 124 Å². The molecule has 1 aromatic carbocycles. The molecule has 2 rings (SSSR count). The van der Waals surface area contributed by atoms with Crippen LogP contribution in [-0.4, -0.2) is 47.3 Å². The maximum absolute atomic E-state index is 12.1. The fourth-order valence-corrected chi connectivity index (χ4v) is 1.77. The highest BCUT2D eigenvalue weighted by atomic mass is 16.1. The number of aromatic nitrogens is 2. The number of nitrogens with zero attached hydrogens (tertiary/aromatic N) is 3. The summed E-state index contributed by atoms with van der Waals surface area (Å²) >= 11 is 0. The van der Waals surface area contributed by atoms with Gasteiger partial charge < -0.3 is 16.0 Å². The maximum Gasteiger partial charge on any atom is 0.271 e. The van der Waals surface area contributed by atoms with Crippen LogP contribution in [0.2, 0.25) is 0 Å². The van der Waals surface area contributed by atoms with Crippen molar-refractivity contribution in [2.45, 2.75) is 13.0 Å². The summed E-state index contributed by atoms with van der Waals surface area (Å²) in [6.45, 7) is 2.63. The van der Waals surface area contributed by atoms with Gasteiger partial charge in [0, 0.05) is 24.5 Å². The molecule has 0 saturated carbocycles. The molecule has 0 aliphatic heterocycles. The highest BCUT2D eigenvalue weighted by Crippen LogP contribution is 2.11. The van der Waals surface area contributed by atoms with E-state index in [1.54, 1.807) is 16.9 Å². The highest BCUT2D eigenvalue weighted by Gasteiger charge is 2.12. The molecule has 6 heteroatoms. The number of hydrogen-bond acceptors (Lipinski definition) is 4. The molecule has 0 saturated heterocycles. The van der Waals surface area contributed by atoms with Gasteiger partial charge in [-0.25, -0.2) is 4.68 Å². The number of benzene rings is 1. The number of carbonyl (C=O) groups is 1. The molecule has 6 nitrogen and oxygen atoms in total. The summed E-state index contributed by atoms with van der Waals surface area (Å²) in [4.78, 5) is 14.1. The van der Waals surface area contributed by atoms with Crippen LogP contribution in [0.4, 0.5) is 5.69 Å². The zero-order valence-electron chi connectivity index (χ0n) is 12.6. The third kappa shape index (κ3) is 3.82. The first-order chi connectivity index (χ1) is 9.97. The number of rotatable bonds is 5. The monoisotopic (exact) mass is 287 g/mol. The highest BCUT2D eigenvalue weighted by molar-refractivity contribution is 5.92. The number of likely N-dealkylation sites (N-methyl/N-ethyl adjacent to an activating group) is 1. The van der Waals surface area contributed by atoms with Gasteiger partial charge in [-0.3, -0.25) is 4.79 Å². The van der Waals surface area contributed by atoms with Crippen LogP contribution in [0.1, 0.15) is 17.4 Å². The van der Waals surface area contributed by atoms with E-state index < -0.39 is 0 Å². The Balaban J connectivity index is 2.04. The van der Waals surface area contributed by atoms with Gasteiger partial charge in [-0.2, -0.15) is 5.10 Å². The number of nitrogen functional groups attached to an aromatic ring is 1. The Morgan fingerprint density at radius 3 is 2.86 bits per heavy atom. The van der Waals surface area contributed by atoms with Crippen molar-refractivity contribution >= 4 is 11.6 Å². The zero-order valence-corrected chi connectivity index (χ0v) is 12.6. The molecule has 0 fully saturated rings. The number of nitrogens with one attached hydrogen (secondary N) is 1. The second-order valence-electron chi connectivity index (χ2n) is 5.26. The van der Waals surface area contributed by atoms with E-state index in [0.29, 0.717) is 17.9 Å². The lowest BCUT2D eigenvalue weighted by atomic mass is 10.3.